The molecule has 31 heavy (non-hydrogen) atoms. The Morgan fingerprint density at radius 1 is 1.19 bits per heavy atom. The molecule has 11 heteroatoms. The van der Waals surface area contributed by atoms with E-state index in [2.05, 4.69) is 15.5 Å². The molecule has 0 aliphatic carbocycles. The normalized spacial score (nSPS) is 11.5. The number of sulfonamides is 1. The Kier molecular flexibility index (Phi) is 6.98. The third kappa shape index (κ3) is 6.09. The van der Waals surface area contributed by atoms with E-state index < -0.39 is 28.3 Å². The maximum Gasteiger partial charge on any atom is 0.246 e. The molecule has 3 rings (SSSR count). The molecule has 0 aliphatic heterocycles. The summed E-state index contributed by atoms with van der Waals surface area (Å²) in [4.78, 5) is 16.5. The van der Waals surface area contributed by atoms with Crippen LogP contribution in [0.1, 0.15) is 11.5 Å². The number of rotatable bonds is 9. The number of nitrogens with one attached hydrogen (secondary N) is 1. The Bertz CT molecular complexity index is 1150. The Balaban J connectivity index is 1.60. The minimum Gasteiger partial charge on any atom is -0.497 e. The first-order valence-electron chi connectivity index (χ1n) is 9.18. The highest BCUT2D eigenvalue weighted by atomic mass is 32.2. The molecule has 0 saturated heterocycles. The number of halogens is 1. The van der Waals surface area contributed by atoms with Crippen molar-refractivity contribution in [1.82, 2.24) is 19.8 Å². The van der Waals surface area contributed by atoms with E-state index in [1.807, 2.05) is 0 Å². The Morgan fingerprint density at radius 2 is 1.90 bits per heavy atom. The number of ether oxygens (including phenoxy) is 1. The van der Waals surface area contributed by atoms with Crippen molar-refractivity contribution in [3.63, 3.8) is 0 Å². The average Bonchev–Trinajstić information content (AvgIpc) is 3.22. The standard InChI is InChI=1S/C20H21FN4O5S/c1-29-16-9-7-14(8-10-16)20-23-19(30-24-20)11-22-18(26)13-25(31(2,27)28)12-15-5-3-4-6-17(15)21/h3-10H,11-13H2,1-2H3,(H,22,26). The van der Waals surface area contributed by atoms with Crippen LogP contribution < -0.4 is 10.1 Å². The van der Waals surface area contributed by atoms with Gasteiger partial charge in [-0.1, -0.05) is 23.4 Å². The van der Waals surface area contributed by atoms with E-state index in [0.29, 0.717) is 17.1 Å². The van der Waals surface area contributed by atoms with Gasteiger partial charge in [-0.15, -0.1) is 0 Å². The third-order valence-corrected chi connectivity index (χ3v) is 5.54. The number of aromatic nitrogens is 2. The van der Waals surface area contributed by atoms with Gasteiger partial charge in [0, 0.05) is 17.7 Å². The van der Waals surface area contributed by atoms with Crippen LogP contribution in [0, 0.1) is 5.82 Å². The number of carbonyl (C=O) groups is 1. The maximum atomic E-state index is 13.9. The van der Waals surface area contributed by atoms with Gasteiger partial charge in [0.15, 0.2) is 0 Å². The zero-order chi connectivity index (χ0) is 22.4. The van der Waals surface area contributed by atoms with Crippen molar-refractivity contribution in [1.29, 1.82) is 0 Å². The van der Waals surface area contributed by atoms with Crippen LogP contribution >= 0.6 is 0 Å². The summed E-state index contributed by atoms with van der Waals surface area (Å²) in [7, 11) is -2.19. The van der Waals surface area contributed by atoms with Crippen LogP contribution in [0.4, 0.5) is 4.39 Å². The van der Waals surface area contributed by atoms with Crippen molar-refractivity contribution in [2.24, 2.45) is 0 Å². The Hall–Kier alpha value is -3.31. The van der Waals surface area contributed by atoms with Gasteiger partial charge in [-0.3, -0.25) is 4.79 Å². The second-order valence-electron chi connectivity index (χ2n) is 6.64. The summed E-state index contributed by atoms with van der Waals surface area (Å²) in [6.45, 7) is -0.826. The highest BCUT2D eigenvalue weighted by Crippen LogP contribution is 2.19. The largest absolute Gasteiger partial charge is 0.497 e. The van der Waals surface area contributed by atoms with E-state index >= 15 is 0 Å². The van der Waals surface area contributed by atoms with Gasteiger partial charge in [0.05, 0.1) is 26.5 Å². The van der Waals surface area contributed by atoms with Crippen LogP contribution in [-0.2, 0) is 27.9 Å². The molecule has 2 aromatic carbocycles. The third-order valence-electron chi connectivity index (χ3n) is 4.35. The summed E-state index contributed by atoms with van der Waals surface area (Å²) in [5.74, 6) is 0.0355. The van der Waals surface area contributed by atoms with E-state index in [1.165, 1.54) is 18.2 Å². The quantitative estimate of drug-likeness (QED) is 0.532. The summed E-state index contributed by atoms with van der Waals surface area (Å²) in [6.07, 6.45) is 0.959. The van der Waals surface area contributed by atoms with Gasteiger partial charge >= 0.3 is 0 Å². The molecule has 9 nitrogen and oxygen atoms in total. The van der Waals surface area contributed by atoms with Crippen LogP contribution in [0.25, 0.3) is 11.4 Å². The van der Waals surface area contributed by atoms with Crippen molar-refractivity contribution in [3.05, 3.63) is 65.8 Å². The lowest BCUT2D eigenvalue weighted by Gasteiger charge is -2.19. The summed E-state index contributed by atoms with van der Waals surface area (Å²) in [5.41, 5.74) is 0.872. The monoisotopic (exact) mass is 448 g/mol. The molecule has 0 saturated carbocycles. The topological polar surface area (TPSA) is 115 Å². The summed E-state index contributed by atoms with van der Waals surface area (Å²) < 4.78 is 49.0. The predicted molar refractivity (Wildman–Crippen MR) is 110 cm³/mol. The van der Waals surface area contributed by atoms with E-state index in [0.717, 1.165) is 10.6 Å². The molecular weight excluding hydrogens is 427 g/mol. The van der Waals surface area contributed by atoms with Crippen molar-refractivity contribution in [2.75, 3.05) is 19.9 Å². The maximum absolute atomic E-state index is 13.9. The molecule has 0 bridgehead atoms. The second kappa shape index (κ2) is 9.67. The molecule has 0 unspecified atom stereocenters. The molecule has 0 atom stereocenters. The molecule has 3 aromatic rings. The Morgan fingerprint density at radius 3 is 2.55 bits per heavy atom. The van der Waals surface area contributed by atoms with Crippen LogP contribution in [-0.4, -0.2) is 48.7 Å². The van der Waals surface area contributed by atoms with Gasteiger partial charge in [-0.05, 0) is 30.3 Å². The Labute approximate surface area is 178 Å². The number of benzene rings is 2. The van der Waals surface area contributed by atoms with E-state index in [1.54, 1.807) is 37.4 Å². The molecule has 1 amide bonds. The van der Waals surface area contributed by atoms with Gasteiger partial charge in [0.2, 0.25) is 27.6 Å². The molecule has 1 N–H and O–H groups in total. The van der Waals surface area contributed by atoms with Gasteiger partial charge < -0.3 is 14.6 Å². The molecule has 1 aromatic heterocycles. The zero-order valence-electron chi connectivity index (χ0n) is 16.9. The van der Waals surface area contributed by atoms with Gasteiger partial charge in [0.1, 0.15) is 11.6 Å². The van der Waals surface area contributed by atoms with Crippen molar-refractivity contribution < 1.29 is 26.9 Å². The van der Waals surface area contributed by atoms with E-state index in [9.17, 15) is 17.6 Å². The number of methoxy groups -OCH3 is 1. The van der Waals surface area contributed by atoms with Gasteiger partial charge in [0.25, 0.3) is 0 Å². The molecule has 164 valence electrons. The number of hydrogen-bond acceptors (Lipinski definition) is 7. The first-order valence-corrected chi connectivity index (χ1v) is 11.0. The summed E-state index contributed by atoms with van der Waals surface area (Å²) >= 11 is 0. The number of nitrogens with zero attached hydrogens (tertiary/aromatic N) is 3. The van der Waals surface area contributed by atoms with Gasteiger partial charge in [-0.25, -0.2) is 12.8 Å². The van der Waals surface area contributed by atoms with Crippen LogP contribution in [0.5, 0.6) is 5.75 Å². The first-order chi connectivity index (χ1) is 14.8. The number of amides is 1. The fourth-order valence-corrected chi connectivity index (χ4v) is 3.41. The SMILES string of the molecule is COc1ccc(-c2noc(CNC(=O)CN(Cc3ccccc3F)S(C)(=O)=O)n2)cc1. The average molecular weight is 448 g/mol. The fraction of sp³-hybridized carbons (Fsp3) is 0.250. The van der Waals surface area contributed by atoms with Crippen molar-refractivity contribution >= 4 is 15.9 Å². The van der Waals surface area contributed by atoms with Crippen LogP contribution in [0.15, 0.2) is 53.1 Å². The van der Waals surface area contributed by atoms with Gasteiger partial charge in [-0.2, -0.15) is 9.29 Å². The highest BCUT2D eigenvalue weighted by Gasteiger charge is 2.22. The first kappa shape index (κ1) is 22.4. The lowest BCUT2D eigenvalue weighted by atomic mass is 10.2. The predicted octanol–water partition coefficient (Wildman–Crippen LogP) is 1.96. The zero-order valence-corrected chi connectivity index (χ0v) is 17.7. The molecule has 0 spiro atoms. The van der Waals surface area contributed by atoms with Crippen molar-refractivity contribution in [2.45, 2.75) is 13.1 Å². The molecule has 1 heterocycles. The van der Waals surface area contributed by atoms with Crippen molar-refractivity contribution in [3.8, 4) is 17.1 Å². The molecular formula is C20H21FN4O5S. The highest BCUT2D eigenvalue weighted by molar-refractivity contribution is 7.88. The van der Waals surface area contributed by atoms with E-state index in [4.69, 9.17) is 9.26 Å². The van der Waals surface area contributed by atoms with Crippen LogP contribution in [0.3, 0.4) is 0 Å². The lowest BCUT2D eigenvalue weighted by molar-refractivity contribution is -0.121. The van der Waals surface area contributed by atoms with E-state index in [-0.39, 0.29) is 24.5 Å². The minimum atomic E-state index is -3.75. The number of hydrogen-bond donors (Lipinski definition) is 1. The summed E-state index contributed by atoms with van der Waals surface area (Å²) in [6, 6.07) is 12.8. The van der Waals surface area contributed by atoms with Crippen LogP contribution in [0.2, 0.25) is 0 Å². The minimum absolute atomic E-state index is 0.0840. The fourth-order valence-electron chi connectivity index (χ4n) is 2.68. The smallest absolute Gasteiger partial charge is 0.246 e. The summed E-state index contributed by atoms with van der Waals surface area (Å²) in [5, 5.41) is 6.39. The molecule has 0 fully saturated rings. The molecule has 0 aliphatic rings. The molecule has 0 radical (unpaired) electrons. The lowest BCUT2D eigenvalue weighted by Crippen LogP contribution is -2.39. The second-order valence-corrected chi connectivity index (χ2v) is 8.62. The number of carbonyl (C=O) groups excluding carboxylic acids is 1.